The van der Waals surface area contributed by atoms with Gasteiger partial charge in [0.2, 0.25) is 5.91 Å². The molecule has 192 valence electrons. The number of aromatic nitrogens is 1. The highest BCUT2D eigenvalue weighted by Gasteiger charge is 2.55. The lowest BCUT2D eigenvalue weighted by Crippen LogP contribution is -2.70. The highest BCUT2D eigenvalue weighted by atomic mass is 35.5. The quantitative estimate of drug-likeness (QED) is 0.446. The van der Waals surface area contributed by atoms with E-state index in [0.717, 1.165) is 21.6 Å². The monoisotopic (exact) mass is 519 g/mol. The Hall–Kier alpha value is -3.91. The van der Waals surface area contributed by atoms with Gasteiger partial charge >= 0.3 is 6.03 Å². The van der Waals surface area contributed by atoms with Crippen LogP contribution in [-0.2, 0) is 16.0 Å². The number of nitrogens with one attached hydrogen (secondary N) is 1. The summed E-state index contributed by atoms with van der Waals surface area (Å²) in [6.07, 6.45) is 2.40. The van der Waals surface area contributed by atoms with E-state index < -0.39 is 23.9 Å². The Morgan fingerprint density at radius 1 is 1.16 bits per heavy atom. The Morgan fingerprint density at radius 3 is 2.59 bits per heavy atom. The topological polar surface area (TPSA) is 109 Å². The van der Waals surface area contributed by atoms with Gasteiger partial charge in [-0.25, -0.2) is 9.78 Å². The molecule has 0 radical (unpaired) electrons. The number of hydrogen-bond donors (Lipinski definition) is 2. The number of carbonyl (C=O) groups is 3. The van der Waals surface area contributed by atoms with Crippen molar-refractivity contribution in [1.29, 1.82) is 0 Å². The van der Waals surface area contributed by atoms with Gasteiger partial charge in [0.15, 0.2) is 0 Å². The van der Waals surface area contributed by atoms with Crippen molar-refractivity contribution in [3.8, 4) is 0 Å². The number of nitrogens with zero attached hydrogens (tertiary/aromatic N) is 3. The van der Waals surface area contributed by atoms with Gasteiger partial charge in [-0.2, -0.15) is 0 Å². The standard InChI is InChI=1S/C28H30ClN5O3/c1-4-23(19-8-6-9-20(29)16-19)32-28(37)34-25(27(36)33(3)21-10-5-7-17(2)13-21)22(26(34)35)14-18-11-12-31-24(30)15-18/h5-13,15-16,22-23,25H,4,14H2,1-3H3,(H2,30,31)(H,32,37)/t22?,23-,25+/m1/s1. The predicted molar refractivity (Wildman–Crippen MR) is 144 cm³/mol. The zero-order valence-electron chi connectivity index (χ0n) is 21.0. The van der Waals surface area contributed by atoms with Crippen LogP contribution < -0.4 is 16.0 Å². The van der Waals surface area contributed by atoms with E-state index in [1.54, 1.807) is 43.6 Å². The number of pyridine rings is 1. The molecule has 4 amide bonds. The van der Waals surface area contributed by atoms with Crippen LogP contribution in [0.15, 0.2) is 66.9 Å². The van der Waals surface area contributed by atoms with Crippen molar-refractivity contribution in [3.63, 3.8) is 0 Å². The summed E-state index contributed by atoms with van der Waals surface area (Å²) in [5.74, 6) is -1.14. The molecule has 1 fully saturated rings. The first-order valence-electron chi connectivity index (χ1n) is 12.1. The van der Waals surface area contributed by atoms with Gasteiger partial charge in [0.1, 0.15) is 11.9 Å². The average molecular weight is 520 g/mol. The molecule has 0 saturated carbocycles. The molecule has 0 bridgehead atoms. The maximum Gasteiger partial charge on any atom is 0.325 e. The molecule has 2 aromatic carbocycles. The molecular formula is C28H30ClN5O3. The van der Waals surface area contributed by atoms with Gasteiger partial charge in [0.05, 0.1) is 12.0 Å². The number of carbonyl (C=O) groups excluding carboxylic acids is 3. The fraction of sp³-hybridized carbons (Fsp3) is 0.286. The van der Waals surface area contributed by atoms with E-state index in [4.69, 9.17) is 17.3 Å². The van der Waals surface area contributed by atoms with Gasteiger partial charge in [-0.1, -0.05) is 42.8 Å². The molecule has 0 aliphatic carbocycles. The third-order valence-electron chi connectivity index (χ3n) is 6.66. The zero-order valence-corrected chi connectivity index (χ0v) is 21.8. The number of rotatable bonds is 7. The smallest absolute Gasteiger partial charge is 0.325 e. The van der Waals surface area contributed by atoms with Gasteiger partial charge in [-0.05, 0) is 72.9 Å². The predicted octanol–water partition coefficient (Wildman–Crippen LogP) is 4.52. The number of halogens is 1. The van der Waals surface area contributed by atoms with E-state index in [1.807, 2.05) is 44.2 Å². The number of hydrogen-bond acceptors (Lipinski definition) is 5. The number of β-lactam (4-membered cyclic amide) rings is 1. The SMILES string of the molecule is CC[C@@H](NC(=O)N1C(=O)C(Cc2ccnc(N)c2)[C@H]1C(=O)N(C)c1cccc(C)c1)c1cccc(Cl)c1. The van der Waals surface area contributed by atoms with Crippen LogP contribution in [0.5, 0.6) is 0 Å². The Kier molecular flexibility index (Phi) is 7.78. The van der Waals surface area contributed by atoms with Gasteiger partial charge < -0.3 is 16.0 Å². The van der Waals surface area contributed by atoms with Gasteiger partial charge in [0, 0.05) is 24.0 Å². The number of urea groups is 1. The van der Waals surface area contributed by atoms with Crippen LogP contribution in [0, 0.1) is 12.8 Å². The van der Waals surface area contributed by atoms with E-state index in [9.17, 15) is 14.4 Å². The minimum atomic E-state index is -0.968. The Bertz CT molecular complexity index is 1330. The summed E-state index contributed by atoms with van der Waals surface area (Å²) in [6, 6.07) is 16.2. The van der Waals surface area contributed by atoms with Crippen molar-refractivity contribution in [2.75, 3.05) is 17.7 Å². The summed E-state index contributed by atoms with van der Waals surface area (Å²) in [5.41, 5.74) is 9.08. The lowest BCUT2D eigenvalue weighted by Gasteiger charge is -2.46. The number of aryl methyl sites for hydroxylation is 1. The summed E-state index contributed by atoms with van der Waals surface area (Å²) in [6.45, 7) is 3.86. The molecule has 3 atom stereocenters. The van der Waals surface area contributed by atoms with Crippen molar-refractivity contribution < 1.29 is 14.4 Å². The number of nitrogens with two attached hydrogens (primary N) is 1. The Balaban J connectivity index is 1.61. The normalized spacial score (nSPS) is 17.6. The third kappa shape index (κ3) is 5.59. The maximum absolute atomic E-state index is 13.7. The van der Waals surface area contributed by atoms with E-state index in [1.165, 1.54) is 4.90 Å². The first-order valence-corrected chi connectivity index (χ1v) is 12.5. The number of amides is 4. The van der Waals surface area contributed by atoms with E-state index in [0.29, 0.717) is 22.9 Å². The second-order valence-electron chi connectivity index (χ2n) is 9.25. The van der Waals surface area contributed by atoms with Crippen LogP contribution in [0.1, 0.15) is 36.1 Å². The van der Waals surface area contributed by atoms with E-state index in [2.05, 4.69) is 10.3 Å². The molecule has 1 unspecified atom stereocenters. The first kappa shape index (κ1) is 26.2. The third-order valence-corrected chi connectivity index (χ3v) is 6.90. The fourth-order valence-electron chi connectivity index (χ4n) is 4.66. The number of benzene rings is 2. The largest absolute Gasteiger partial charge is 0.384 e. The van der Waals surface area contributed by atoms with Gasteiger partial charge in [0.25, 0.3) is 5.91 Å². The second kappa shape index (κ2) is 11.0. The van der Waals surface area contributed by atoms with Crippen molar-refractivity contribution in [2.45, 2.75) is 38.8 Å². The zero-order chi connectivity index (χ0) is 26.7. The summed E-state index contributed by atoms with van der Waals surface area (Å²) < 4.78 is 0. The van der Waals surface area contributed by atoms with E-state index in [-0.39, 0.29) is 18.4 Å². The Labute approximate surface area is 221 Å². The van der Waals surface area contributed by atoms with Crippen LogP contribution in [0.2, 0.25) is 5.02 Å². The Morgan fingerprint density at radius 2 is 1.92 bits per heavy atom. The van der Waals surface area contributed by atoms with Crippen molar-refractivity contribution in [2.24, 2.45) is 5.92 Å². The number of likely N-dealkylation sites (tertiary alicyclic amines) is 1. The van der Waals surface area contributed by atoms with Crippen molar-refractivity contribution >= 4 is 41.0 Å². The average Bonchev–Trinajstić information content (AvgIpc) is 2.87. The van der Waals surface area contributed by atoms with Gasteiger partial charge in [-0.15, -0.1) is 0 Å². The van der Waals surface area contributed by atoms with E-state index >= 15 is 0 Å². The molecule has 4 rings (SSSR count). The first-order chi connectivity index (χ1) is 17.7. The van der Waals surface area contributed by atoms with Crippen LogP contribution in [0.4, 0.5) is 16.3 Å². The maximum atomic E-state index is 13.7. The highest BCUT2D eigenvalue weighted by molar-refractivity contribution is 6.30. The van der Waals surface area contributed by atoms with Crippen LogP contribution >= 0.6 is 11.6 Å². The van der Waals surface area contributed by atoms with Crippen molar-refractivity contribution in [1.82, 2.24) is 15.2 Å². The molecule has 0 spiro atoms. The summed E-state index contributed by atoms with van der Waals surface area (Å²) in [5, 5.41) is 3.47. The molecule has 9 heteroatoms. The van der Waals surface area contributed by atoms with Gasteiger partial charge in [-0.3, -0.25) is 14.5 Å². The van der Waals surface area contributed by atoms with Crippen molar-refractivity contribution in [3.05, 3.63) is 88.6 Å². The summed E-state index contributed by atoms with van der Waals surface area (Å²) in [4.78, 5) is 47.0. The molecule has 2 heterocycles. The van der Waals surface area contributed by atoms with Crippen LogP contribution in [0.25, 0.3) is 0 Å². The molecule has 1 saturated heterocycles. The molecule has 1 aliphatic heterocycles. The number of nitrogen functional groups attached to an aromatic ring is 1. The molecule has 1 aromatic heterocycles. The summed E-state index contributed by atoms with van der Waals surface area (Å²) in [7, 11) is 1.65. The second-order valence-corrected chi connectivity index (χ2v) is 9.69. The molecule has 1 aliphatic rings. The molecule has 3 aromatic rings. The molecule has 8 nitrogen and oxygen atoms in total. The molecule has 3 N–H and O–H groups in total. The van der Waals surface area contributed by atoms with Crippen LogP contribution in [-0.4, -0.2) is 40.8 Å². The lowest BCUT2D eigenvalue weighted by molar-refractivity contribution is -0.156. The number of anilines is 2. The molecular weight excluding hydrogens is 490 g/mol. The minimum absolute atomic E-state index is 0.263. The van der Waals surface area contributed by atoms with Crippen LogP contribution in [0.3, 0.4) is 0 Å². The lowest BCUT2D eigenvalue weighted by atomic mass is 9.81. The number of imide groups is 1. The molecule has 37 heavy (non-hydrogen) atoms. The number of likely N-dealkylation sites (N-methyl/N-ethyl adjacent to an activating group) is 1. The summed E-state index contributed by atoms with van der Waals surface area (Å²) >= 11 is 6.14. The minimum Gasteiger partial charge on any atom is -0.384 e. The fourth-order valence-corrected chi connectivity index (χ4v) is 4.86. The highest BCUT2D eigenvalue weighted by Crippen LogP contribution is 2.33.